The molecule has 3 nitrogen and oxygen atoms in total. The van der Waals surface area contributed by atoms with E-state index in [0.717, 1.165) is 19.6 Å². The summed E-state index contributed by atoms with van der Waals surface area (Å²) in [6.45, 7) is 14.3. The molecule has 0 aromatic heterocycles. The predicted molar refractivity (Wildman–Crippen MR) is 64.2 cm³/mol. The lowest BCUT2D eigenvalue weighted by molar-refractivity contribution is -0.00642. The van der Waals surface area contributed by atoms with E-state index < -0.39 is 0 Å². The number of rotatable bonds is 3. The monoisotopic (exact) mass is 214 g/mol. The van der Waals surface area contributed by atoms with Crippen molar-refractivity contribution in [1.29, 1.82) is 0 Å². The Morgan fingerprint density at radius 2 is 1.93 bits per heavy atom. The van der Waals surface area contributed by atoms with Crippen molar-refractivity contribution in [2.75, 3.05) is 26.7 Å². The lowest BCUT2D eigenvalue weighted by Crippen LogP contribution is -2.66. The van der Waals surface area contributed by atoms with Crippen LogP contribution in [0.25, 0.3) is 0 Å². The Balaban J connectivity index is 2.64. The smallest absolute Gasteiger partial charge is 0.0670 e. The average molecular weight is 214 g/mol. The van der Waals surface area contributed by atoms with Crippen LogP contribution in [0.2, 0.25) is 0 Å². The lowest BCUT2D eigenvalue weighted by Gasteiger charge is -2.50. The third-order valence-corrected chi connectivity index (χ3v) is 3.32. The fraction of sp³-hybridized carbons (Fsp3) is 1.00. The summed E-state index contributed by atoms with van der Waals surface area (Å²) < 4.78 is 5.35. The van der Waals surface area contributed by atoms with Crippen LogP contribution >= 0.6 is 0 Å². The first-order chi connectivity index (χ1) is 6.77. The molecule has 90 valence electrons. The summed E-state index contributed by atoms with van der Waals surface area (Å²) in [4.78, 5) is 2.53. The Hall–Kier alpha value is -0.120. The zero-order valence-corrected chi connectivity index (χ0v) is 11.1. The van der Waals surface area contributed by atoms with Crippen LogP contribution in [-0.4, -0.2) is 48.8 Å². The van der Waals surface area contributed by atoms with Gasteiger partial charge in [0.15, 0.2) is 0 Å². The summed E-state index contributed by atoms with van der Waals surface area (Å²) in [5, 5.41) is 3.59. The minimum Gasteiger partial charge on any atom is -0.380 e. The van der Waals surface area contributed by atoms with Crippen molar-refractivity contribution in [2.24, 2.45) is 0 Å². The first-order valence-electron chi connectivity index (χ1n) is 5.80. The van der Waals surface area contributed by atoms with Crippen molar-refractivity contribution < 1.29 is 4.74 Å². The summed E-state index contributed by atoms with van der Waals surface area (Å²) in [5.41, 5.74) is 0.436. The van der Waals surface area contributed by atoms with Crippen LogP contribution in [0.4, 0.5) is 0 Å². The lowest BCUT2D eigenvalue weighted by atomic mass is 9.91. The third-order valence-electron chi connectivity index (χ3n) is 3.32. The van der Waals surface area contributed by atoms with E-state index in [1.54, 1.807) is 7.11 Å². The maximum Gasteiger partial charge on any atom is 0.0670 e. The van der Waals surface area contributed by atoms with Crippen molar-refractivity contribution >= 4 is 0 Å². The van der Waals surface area contributed by atoms with E-state index in [0.29, 0.717) is 6.10 Å². The van der Waals surface area contributed by atoms with Crippen LogP contribution < -0.4 is 5.32 Å². The van der Waals surface area contributed by atoms with Gasteiger partial charge in [0.25, 0.3) is 0 Å². The molecule has 1 atom stereocenters. The summed E-state index contributed by atoms with van der Waals surface area (Å²) in [6.07, 6.45) is 0.304. The first-order valence-corrected chi connectivity index (χ1v) is 5.80. The molecule has 1 aliphatic rings. The van der Waals surface area contributed by atoms with Crippen molar-refractivity contribution in [3.05, 3.63) is 0 Å². The molecule has 1 heterocycles. The molecule has 0 amide bonds. The molecule has 1 aliphatic heterocycles. The van der Waals surface area contributed by atoms with Crippen molar-refractivity contribution in [3.8, 4) is 0 Å². The average Bonchev–Trinajstić information content (AvgIpc) is 2.12. The highest BCUT2D eigenvalue weighted by Crippen LogP contribution is 2.23. The normalized spacial score (nSPS) is 27.6. The van der Waals surface area contributed by atoms with Gasteiger partial charge in [-0.15, -0.1) is 0 Å². The summed E-state index contributed by atoms with van der Waals surface area (Å²) >= 11 is 0. The van der Waals surface area contributed by atoms with Crippen LogP contribution in [0.5, 0.6) is 0 Å². The number of hydrogen-bond donors (Lipinski definition) is 1. The van der Waals surface area contributed by atoms with Crippen molar-refractivity contribution in [2.45, 2.75) is 51.8 Å². The molecular weight excluding hydrogens is 188 g/mol. The highest BCUT2D eigenvalue weighted by atomic mass is 16.5. The molecule has 1 saturated heterocycles. The van der Waals surface area contributed by atoms with Gasteiger partial charge in [-0.25, -0.2) is 0 Å². The van der Waals surface area contributed by atoms with Crippen molar-refractivity contribution in [3.63, 3.8) is 0 Å². The number of piperazine rings is 1. The zero-order chi connectivity index (χ0) is 11.7. The van der Waals surface area contributed by atoms with Gasteiger partial charge >= 0.3 is 0 Å². The van der Waals surface area contributed by atoms with Gasteiger partial charge in [-0.1, -0.05) is 0 Å². The molecule has 0 spiro atoms. The quantitative estimate of drug-likeness (QED) is 0.770. The van der Waals surface area contributed by atoms with Gasteiger partial charge in [0.1, 0.15) is 0 Å². The van der Waals surface area contributed by atoms with Gasteiger partial charge in [0.05, 0.1) is 6.10 Å². The van der Waals surface area contributed by atoms with E-state index in [-0.39, 0.29) is 11.1 Å². The van der Waals surface area contributed by atoms with Gasteiger partial charge in [-0.05, 0) is 34.6 Å². The van der Waals surface area contributed by atoms with E-state index in [9.17, 15) is 0 Å². The highest BCUT2D eigenvalue weighted by molar-refractivity contribution is 4.97. The minimum atomic E-state index is 0.211. The van der Waals surface area contributed by atoms with E-state index >= 15 is 0 Å². The standard InChI is InChI=1S/C12H26N2O/c1-10(15-6)7-14-9-11(2,3)13-8-12(14,4)5/h10,13H,7-9H2,1-6H3. The molecule has 0 bridgehead atoms. The van der Waals surface area contributed by atoms with Crippen molar-refractivity contribution in [1.82, 2.24) is 10.2 Å². The molecule has 0 aromatic carbocycles. The molecule has 1 N–H and O–H groups in total. The topological polar surface area (TPSA) is 24.5 Å². The third kappa shape index (κ3) is 3.44. The Labute approximate surface area is 94.2 Å². The zero-order valence-electron chi connectivity index (χ0n) is 11.1. The maximum atomic E-state index is 5.35. The molecular formula is C12H26N2O. The highest BCUT2D eigenvalue weighted by Gasteiger charge is 2.37. The maximum absolute atomic E-state index is 5.35. The molecule has 1 fully saturated rings. The van der Waals surface area contributed by atoms with E-state index in [1.807, 2.05) is 0 Å². The second-order valence-corrected chi connectivity index (χ2v) is 5.98. The van der Waals surface area contributed by atoms with Crippen LogP contribution in [-0.2, 0) is 4.74 Å². The summed E-state index contributed by atoms with van der Waals surface area (Å²) in [7, 11) is 1.78. The van der Waals surface area contributed by atoms with Crippen LogP contribution in [0.1, 0.15) is 34.6 Å². The van der Waals surface area contributed by atoms with Crippen LogP contribution in [0.3, 0.4) is 0 Å². The van der Waals surface area contributed by atoms with Crippen LogP contribution in [0, 0.1) is 0 Å². The summed E-state index contributed by atoms with van der Waals surface area (Å²) in [6, 6.07) is 0. The second-order valence-electron chi connectivity index (χ2n) is 5.98. The number of hydrogen-bond acceptors (Lipinski definition) is 3. The second kappa shape index (κ2) is 4.40. The fourth-order valence-corrected chi connectivity index (χ4v) is 2.01. The molecule has 1 unspecified atom stereocenters. The number of methoxy groups -OCH3 is 1. The Kier molecular flexibility index (Phi) is 3.80. The first kappa shape index (κ1) is 12.9. The van der Waals surface area contributed by atoms with E-state index in [4.69, 9.17) is 4.74 Å². The van der Waals surface area contributed by atoms with Gasteiger partial charge in [0.2, 0.25) is 0 Å². The van der Waals surface area contributed by atoms with E-state index in [1.165, 1.54) is 0 Å². The number of nitrogens with zero attached hydrogens (tertiary/aromatic N) is 1. The molecule has 0 radical (unpaired) electrons. The van der Waals surface area contributed by atoms with Gasteiger partial charge in [0, 0.05) is 37.8 Å². The molecule has 0 saturated carbocycles. The Morgan fingerprint density at radius 3 is 2.47 bits per heavy atom. The summed E-state index contributed by atoms with van der Waals surface area (Å²) in [5.74, 6) is 0. The Morgan fingerprint density at radius 1 is 1.33 bits per heavy atom. The minimum absolute atomic E-state index is 0.211. The Bertz CT molecular complexity index is 214. The molecule has 1 rings (SSSR count). The van der Waals surface area contributed by atoms with Crippen LogP contribution in [0.15, 0.2) is 0 Å². The number of ether oxygens (including phenoxy) is 1. The van der Waals surface area contributed by atoms with E-state index in [2.05, 4.69) is 44.8 Å². The molecule has 0 aliphatic carbocycles. The molecule has 3 heteroatoms. The number of nitrogens with one attached hydrogen (secondary N) is 1. The fourth-order valence-electron chi connectivity index (χ4n) is 2.01. The molecule has 0 aromatic rings. The SMILES string of the molecule is COC(C)CN1CC(C)(C)NCC1(C)C. The van der Waals surface area contributed by atoms with Gasteiger partial charge in [-0.3, -0.25) is 4.90 Å². The van der Waals surface area contributed by atoms with Gasteiger partial charge < -0.3 is 10.1 Å². The molecule has 15 heavy (non-hydrogen) atoms. The predicted octanol–water partition coefficient (Wildman–Crippen LogP) is 1.48. The largest absolute Gasteiger partial charge is 0.380 e. The van der Waals surface area contributed by atoms with Gasteiger partial charge in [-0.2, -0.15) is 0 Å².